The third-order valence-electron chi connectivity index (χ3n) is 4.09. The zero-order valence-corrected chi connectivity index (χ0v) is 18.7. The molecule has 0 saturated heterocycles. The van der Waals surface area contributed by atoms with Crippen molar-refractivity contribution in [2.75, 3.05) is 0 Å². The first kappa shape index (κ1) is 24.3. The van der Waals surface area contributed by atoms with Crippen molar-refractivity contribution in [3.8, 4) is 11.3 Å². The van der Waals surface area contributed by atoms with Crippen molar-refractivity contribution in [2.24, 2.45) is 0 Å². The van der Waals surface area contributed by atoms with Crippen molar-refractivity contribution < 1.29 is 48.6 Å². The van der Waals surface area contributed by atoms with E-state index in [1.807, 2.05) is 30.3 Å². The minimum atomic E-state index is -4.42. The maximum Gasteiger partial charge on any atom is 0.415 e. The van der Waals surface area contributed by atoms with E-state index < -0.39 is 11.7 Å². The summed E-state index contributed by atoms with van der Waals surface area (Å²) in [5, 5.41) is 10.1. The predicted octanol–water partition coefficient (Wildman–Crippen LogP) is 6.50. The normalized spacial score (nSPS) is 11.6. The van der Waals surface area contributed by atoms with Gasteiger partial charge in [0, 0.05) is 44.3 Å². The Morgan fingerprint density at radius 3 is 2.45 bits per heavy atom. The molecule has 0 unspecified atom stereocenters. The van der Waals surface area contributed by atoms with Gasteiger partial charge >= 0.3 is 6.18 Å². The second-order valence-corrected chi connectivity index (χ2v) is 6.52. The molecule has 0 aliphatic heterocycles. The first-order valence-corrected chi connectivity index (χ1v) is 8.90. The molecule has 0 radical (unpaired) electrons. The number of aromatic nitrogens is 1. The van der Waals surface area contributed by atoms with E-state index in [4.69, 9.17) is 9.52 Å². The van der Waals surface area contributed by atoms with Crippen LogP contribution >= 0.6 is 0 Å². The standard InChI is InChI=1S/C18H9F3NO.C5H8O2.Pt/c19-18(20,21)11-8-9-22-15(10-11)14-6-3-5-13-12-4-1-2-7-16(12)23-17(13)14;1-4(6)3-5(2)7;/h1-5,7-10H;3,6H,1-2H3;/q-1;;/b;4-3-;. The van der Waals surface area contributed by atoms with Gasteiger partial charge in [0.05, 0.1) is 11.3 Å². The Morgan fingerprint density at radius 2 is 1.84 bits per heavy atom. The number of carbonyl (C=O) groups excluding carboxylic acids is 1. The van der Waals surface area contributed by atoms with Crippen LogP contribution in [0.1, 0.15) is 19.4 Å². The molecule has 4 aromatic rings. The summed E-state index contributed by atoms with van der Waals surface area (Å²) in [6.07, 6.45) is -2.10. The Balaban J connectivity index is 0.000000373. The first-order valence-electron chi connectivity index (χ1n) is 8.90. The van der Waals surface area contributed by atoms with Crippen LogP contribution in [0.2, 0.25) is 0 Å². The summed E-state index contributed by atoms with van der Waals surface area (Å²) in [5.74, 6) is -0.0625. The minimum Gasteiger partial charge on any atom is -0.512 e. The Morgan fingerprint density at radius 1 is 1.13 bits per heavy atom. The average Bonchev–Trinajstić information content (AvgIpc) is 3.05. The Kier molecular flexibility index (Phi) is 7.79. The minimum absolute atomic E-state index is 0. The second kappa shape index (κ2) is 9.92. The molecule has 0 spiro atoms. The van der Waals surface area contributed by atoms with E-state index in [0.717, 1.165) is 29.1 Å². The molecule has 31 heavy (non-hydrogen) atoms. The third-order valence-corrected chi connectivity index (χ3v) is 4.09. The van der Waals surface area contributed by atoms with Gasteiger partial charge in [-0.25, -0.2) is 0 Å². The van der Waals surface area contributed by atoms with E-state index in [9.17, 15) is 18.0 Å². The summed E-state index contributed by atoms with van der Waals surface area (Å²) in [7, 11) is 0. The van der Waals surface area contributed by atoms with Crippen molar-refractivity contribution in [1.82, 2.24) is 4.98 Å². The number of para-hydroxylation sites is 1. The molecular weight excluding hydrogens is 590 g/mol. The Bertz CT molecular complexity index is 1240. The number of hydrogen-bond donors (Lipinski definition) is 1. The van der Waals surface area contributed by atoms with Crippen molar-refractivity contribution in [3.63, 3.8) is 0 Å². The van der Waals surface area contributed by atoms with Gasteiger partial charge in [-0.2, -0.15) is 13.2 Å². The number of fused-ring (bicyclic) bond motifs is 3. The molecule has 8 heteroatoms. The van der Waals surface area contributed by atoms with Gasteiger partial charge in [0.2, 0.25) is 0 Å². The Hall–Kier alpha value is -2.92. The molecular formula is C23H17F3NO3Pt-. The van der Waals surface area contributed by atoms with Gasteiger partial charge < -0.3 is 14.5 Å². The van der Waals surface area contributed by atoms with Crippen LogP contribution in [0.5, 0.6) is 0 Å². The van der Waals surface area contributed by atoms with Crippen LogP contribution in [0.4, 0.5) is 13.2 Å². The zero-order valence-electron chi connectivity index (χ0n) is 16.4. The number of halogens is 3. The van der Waals surface area contributed by atoms with Gasteiger partial charge in [0.1, 0.15) is 5.58 Å². The number of hydrogen-bond acceptors (Lipinski definition) is 4. The van der Waals surface area contributed by atoms with Crippen LogP contribution in [0.3, 0.4) is 0 Å². The third kappa shape index (κ3) is 5.82. The van der Waals surface area contributed by atoms with E-state index in [1.54, 1.807) is 6.07 Å². The molecule has 0 aliphatic carbocycles. The molecule has 2 aromatic carbocycles. The van der Waals surface area contributed by atoms with Gasteiger partial charge in [-0.3, -0.25) is 4.79 Å². The van der Waals surface area contributed by atoms with Crippen molar-refractivity contribution in [1.29, 1.82) is 0 Å². The molecule has 4 rings (SSSR count). The fourth-order valence-electron chi connectivity index (χ4n) is 2.92. The van der Waals surface area contributed by atoms with E-state index in [1.165, 1.54) is 19.9 Å². The molecule has 4 nitrogen and oxygen atoms in total. The topological polar surface area (TPSA) is 63.3 Å². The number of alkyl halides is 3. The van der Waals surface area contributed by atoms with Crippen molar-refractivity contribution in [3.05, 3.63) is 78.2 Å². The number of carbonyl (C=O) groups is 1. The van der Waals surface area contributed by atoms with Gasteiger partial charge in [-0.1, -0.05) is 35.2 Å². The van der Waals surface area contributed by atoms with Gasteiger partial charge in [-0.15, -0.1) is 18.2 Å². The maximum absolute atomic E-state index is 12.9. The zero-order chi connectivity index (χ0) is 21.9. The molecule has 2 heterocycles. The Labute approximate surface area is 190 Å². The summed E-state index contributed by atoms with van der Waals surface area (Å²) >= 11 is 0. The van der Waals surface area contributed by atoms with E-state index in [2.05, 4.69) is 11.1 Å². The number of rotatable bonds is 2. The fourth-order valence-corrected chi connectivity index (χ4v) is 2.92. The summed E-state index contributed by atoms with van der Waals surface area (Å²) < 4.78 is 44.5. The molecule has 0 saturated carbocycles. The monoisotopic (exact) mass is 607 g/mol. The first-order chi connectivity index (χ1) is 14.2. The van der Waals surface area contributed by atoms with Crippen LogP contribution in [-0.4, -0.2) is 15.9 Å². The number of benzene rings is 2. The van der Waals surface area contributed by atoms with Gasteiger partial charge in [0.25, 0.3) is 0 Å². The number of furan rings is 1. The van der Waals surface area contributed by atoms with Crippen molar-refractivity contribution in [2.45, 2.75) is 20.0 Å². The number of nitrogens with zero attached hydrogens (tertiary/aromatic N) is 1. The average molecular weight is 607 g/mol. The number of ketones is 1. The largest absolute Gasteiger partial charge is 0.512 e. The predicted molar refractivity (Wildman–Crippen MR) is 108 cm³/mol. The summed E-state index contributed by atoms with van der Waals surface area (Å²) in [4.78, 5) is 14.1. The number of aliphatic hydroxyl groups is 1. The smallest absolute Gasteiger partial charge is 0.415 e. The summed E-state index contributed by atoms with van der Waals surface area (Å²) in [5.41, 5.74) is 1.02. The SMILES string of the molecule is CC(=O)/C=C(/C)O.FC(F)(F)c1ccnc(-c2[c-]ccc3c2oc2ccccc23)c1.[Pt]. The van der Waals surface area contributed by atoms with Crippen LogP contribution < -0.4 is 0 Å². The van der Waals surface area contributed by atoms with Gasteiger partial charge in [0.15, 0.2) is 5.78 Å². The van der Waals surface area contributed by atoms with Crippen LogP contribution in [0.15, 0.2) is 71.0 Å². The van der Waals surface area contributed by atoms with Crippen LogP contribution in [-0.2, 0) is 32.0 Å². The molecule has 0 fully saturated rings. The van der Waals surface area contributed by atoms with Crippen LogP contribution in [0, 0.1) is 6.07 Å². The maximum atomic E-state index is 12.9. The summed E-state index contributed by atoms with van der Waals surface area (Å²) in [6, 6.07) is 15.9. The number of allylic oxidation sites excluding steroid dienone is 2. The van der Waals surface area contributed by atoms with E-state index >= 15 is 0 Å². The van der Waals surface area contributed by atoms with E-state index in [0.29, 0.717) is 16.7 Å². The summed E-state index contributed by atoms with van der Waals surface area (Å²) in [6.45, 7) is 2.85. The van der Waals surface area contributed by atoms with Gasteiger partial charge in [-0.05, 0) is 31.7 Å². The molecule has 1 N–H and O–H groups in total. The number of aliphatic hydroxyl groups excluding tert-OH is 1. The fraction of sp³-hybridized carbons (Fsp3) is 0.130. The number of pyridine rings is 1. The van der Waals surface area contributed by atoms with E-state index in [-0.39, 0.29) is 38.3 Å². The molecule has 0 atom stereocenters. The van der Waals surface area contributed by atoms with Crippen molar-refractivity contribution >= 4 is 27.7 Å². The quantitative estimate of drug-likeness (QED) is 0.161. The molecule has 2 aromatic heterocycles. The molecule has 0 bridgehead atoms. The molecule has 0 aliphatic rings. The molecule has 0 amide bonds. The second-order valence-electron chi connectivity index (χ2n) is 6.52. The molecule has 164 valence electrons. The van der Waals surface area contributed by atoms with Crippen LogP contribution in [0.25, 0.3) is 33.2 Å².